The van der Waals surface area contributed by atoms with E-state index in [4.69, 9.17) is 4.98 Å². The first kappa shape index (κ1) is 20.0. The number of fused-ring (bicyclic) bond motifs is 1. The van der Waals surface area contributed by atoms with Gasteiger partial charge in [0, 0.05) is 43.4 Å². The zero-order chi connectivity index (χ0) is 20.4. The minimum atomic E-state index is 0.00368. The molecule has 0 unspecified atom stereocenters. The van der Waals surface area contributed by atoms with E-state index in [-0.39, 0.29) is 5.56 Å². The van der Waals surface area contributed by atoms with Crippen molar-refractivity contribution in [1.29, 1.82) is 0 Å². The summed E-state index contributed by atoms with van der Waals surface area (Å²) in [5.74, 6) is 2.10. The summed E-state index contributed by atoms with van der Waals surface area (Å²) in [7, 11) is 0. The molecule has 4 rings (SSSR count). The smallest absolute Gasteiger partial charge is 0.259 e. The van der Waals surface area contributed by atoms with Crippen molar-refractivity contribution < 1.29 is 0 Å². The van der Waals surface area contributed by atoms with Gasteiger partial charge in [-0.25, -0.2) is 15.0 Å². The molecule has 1 N–H and O–H groups in total. The Morgan fingerprint density at radius 1 is 1.21 bits per heavy atom. The van der Waals surface area contributed by atoms with Crippen molar-refractivity contribution in [2.75, 3.05) is 31.1 Å². The molecule has 7 nitrogen and oxygen atoms in total. The lowest BCUT2D eigenvalue weighted by molar-refractivity contribution is 0.243. The van der Waals surface area contributed by atoms with E-state index in [2.05, 4.69) is 45.5 Å². The van der Waals surface area contributed by atoms with Crippen molar-refractivity contribution in [2.24, 2.45) is 5.92 Å². The van der Waals surface area contributed by atoms with Gasteiger partial charge in [0.1, 0.15) is 10.7 Å². The highest BCUT2D eigenvalue weighted by Crippen LogP contribution is 2.29. The van der Waals surface area contributed by atoms with Gasteiger partial charge >= 0.3 is 0 Å². The van der Waals surface area contributed by atoms with Crippen LogP contribution in [0.4, 0.5) is 5.95 Å². The fourth-order valence-electron chi connectivity index (χ4n) is 3.81. The number of aromatic nitrogens is 4. The highest BCUT2D eigenvalue weighted by atomic mass is 32.1. The third-order valence-corrected chi connectivity index (χ3v) is 6.78. The quantitative estimate of drug-likeness (QED) is 0.671. The summed E-state index contributed by atoms with van der Waals surface area (Å²) in [5, 5.41) is 0.794. The minimum Gasteiger partial charge on any atom is -0.338 e. The molecule has 0 spiro atoms. The average Bonchev–Trinajstić information content (AvgIpc) is 3.04. The highest BCUT2D eigenvalue weighted by Gasteiger charge is 2.21. The molecule has 0 saturated carbocycles. The summed E-state index contributed by atoms with van der Waals surface area (Å²) < 4.78 is 0. The van der Waals surface area contributed by atoms with Crippen LogP contribution in [-0.4, -0.2) is 51.0 Å². The van der Waals surface area contributed by atoms with Gasteiger partial charge in [-0.15, -0.1) is 11.3 Å². The van der Waals surface area contributed by atoms with Crippen LogP contribution in [-0.2, 0) is 13.0 Å². The van der Waals surface area contributed by atoms with Crippen LogP contribution in [0.25, 0.3) is 10.2 Å². The van der Waals surface area contributed by atoms with Gasteiger partial charge in [0.15, 0.2) is 0 Å². The van der Waals surface area contributed by atoms with Crippen LogP contribution in [0.2, 0.25) is 0 Å². The predicted octanol–water partition coefficient (Wildman–Crippen LogP) is 2.99. The van der Waals surface area contributed by atoms with Gasteiger partial charge in [0.05, 0.1) is 11.9 Å². The molecule has 1 aliphatic rings. The number of H-pyrrole nitrogens is 1. The van der Waals surface area contributed by atoms with Crippen LogP contribution in [0.3, 0.4) is 0 Å². The summed E-state index contributed by atoms with van der Waals surface area (Å²) in [4.78, 5) is 36.0. The molecular formula is C21H28N6OS. The van der Waals surface area contributed by atoms with Crippen molar-refractivity contribution in [1.82, 2.24) is 24.8 Å². The molecule has 0 aromatic carbocycles. The van der Waals surface area contributed by atoms with E-state index in [1.54, 1.807) is 23.7 Å². The van der Waals surface area contributed by atoms with E-state index >= 15 is 0 Å². The highest BCUT2D eigenvalue weighted by molar-refractivity contribution is 7.18. The lowest BCUT2D eigenvalue weighted by Gasteiger charge is -2.34. The Hall–Kier alpha value is -2.32. The van der Waals surface area contributed by atoms with E-state index in [0.717, 1.165) is 61.0 Å². The Balaban J connectivity index is 1.47. The van der Waals surface area contributed by atoms with E-state index in [0.29, 0.717) is 12.5 Å². The van der Waals surface area contributed by atoms with Gasteiger partial charge in [0.2, 0.25) is 5.95 Å². The zero-order valence-electron chi connectivity index (χ0n) is 17.3. The number of rotatable bonds is 6. The maximum absolute atomic E-state index is 12.9. The SMILES string of the molecule is CC[C@@H](C)Cc1c(C)sc2nc(CN3CCN(c4ncccn4)CC3)[nH]c(=O)c12. The van der Waals surface area contributed by atoms with E-state index in [9.17, 15) is 4.79 Å². The Labute approximate surface area is 174 Å². The molecule has 0 radical (unpaired) electrons. The number of piperazine rings is 1. The average molecular weight is 413 g/mol. The monoisotopic (exact) mass is 412 g/mol. The van der Waals surface area contributed by atoms with Gasteiger partial charge in [0.25, 0.3) is 5.56 Å². The second kappa shape index (κ2) is 8.59. The second-order valence-corrected chi connectivity index (χ2v) is 9.06. The first-order chi connectivity index (χ1) is 14.0. The first-order valence-corrected chi connectivity index (χ1v) is 11.1. The topological polar surface area (TPSA) is 78.0 Å². The molecule has 8 heteroatoms. The number of nitrogens with zero attached hydrogens (tertiary/aromatic N) is 5. The number of hydrogen-bond donors (Lipinski definition) is 1. The molecule has 154 valence electrons. The maximum Gasteiger partial charge on any atom is 0.259 e. The van der Waals surface area contributed by atoms with Crippen molar-refractivity contribution in [3.8, 4) is 0 Å². The molecule has 0 bridgehead atoms. The van der Waals surface area contributed by atoms with Gasteiger partial charge in [-0.2, -0.15) is 0 Å². The number of aromatic amines is 1. The number of thiophene rings is 1. The van der Waals surface area contributed by atoms with Crippen molar-refractivity contribution >= 4 is 27.5 Å². The maximum atomic E-state index is 12.9. The molecule has 4 heterocycles. The predicted molar refractivity (Wildman–Crippen MR) is 118 cm³/mol. The largest absolute Gasteiger partial charge is 0.338 e. The number of nitrogens with one attached hydrogen (secondary N) is 1. The molecule has 29 heavy (non-hydrogen) atoms. The second-order valence-electron chi connectivity index (χ2n) is 7.86. The lowest BCUT2D eigenvalue weighted by atomic mass is 9.98. The normalized spacial score (nSPS) is 16.4. The van der Waals surface area contributed by atoms with Crippen LogP contribution in [0, 0.1) is 12.8 Å². The molecule has 1 aliphatic heterocycles. The number of anilines is 1. The van der Waals surface area contributed by atoms with Gasteiger partial charge < -0.3 is 9.88 Å². The fourth-order valence-corrected chi connectivity index (χ4v) is 4.88. The van der Waals surface area contributed by atoms with Crippen LogP contribution in [0.1, 0.15) is 36.5 Å². The van der Waals surface area contributed by atoms with Crippen molar-refractivity contribution in [3.63, 3.8) is 0 Å². The van der Waals surface area contributed by atoms with Crippen molar-refractivity contribution in [3.05, 3.63) is 45.1 Å². The first-order valence-electron chi connectivity index (χ1n) is 10.3. The lowest BCUT2D eigenvalue weighted by Crippen LogP contribution is -2.46. The van der Waals surface area contributed by atoms with Crippen LogP contribution in [0.5, 0.6) is 0 Å². The molecule has 1 fully saturated rings. The molecule has 0 amide bonds. The molecule has 1 atom stereocenters. The third-order valence-electron chi connectivity index (χ3n) is 5.74. The van der Waals surface area contributed by atoms with Crippen LogP contribution in [0.15, 0.2) is 23.3 Å². The molecule has 3 aromatic rings. The zero-order valence-corrected chi connectivity index (χ0v) is 18.1. The van der Waals surface area contributed by atoms with Crippen LogP contribution < -0.4 is 10.5 Å². The standard InChI is InChI=1S/C21H28N6OS/c1-4-14(2)12-16-15(3)29-20-18(16)19(28)24-17(25-20)13-26-8-10-27(11-9-26)21-22-6-5-7-23-21/h5-7,14H,4,8-13H2,1-3H3,(H,24,25,28)/t14-/m1/s1. The van der Waals surface area contributed by atoms with Gasteiger partial charge in [-0.3, -0.25) is 9.69 Å². The molecule has 1 saturated heterocycles. The summed E-state index contributed by atoms with van der Waals surface area (Å²) in [5.41, 5.74) is 1.18. The Kier molecular flexibility index (Phi) is 5.91. The van der Waals surface area contributed by atoms with E-state index in [1.807, 2.05) is 6.07 Å². The third kappa shape index (κ3) is 4.33. The fraction of sp³-hybridized carbons (Fsp3) is 0.524. The summed E-state index contributed by atoms with van der Waals surface area (Å²) in [6, 6.07) is 1.83. The van der Waals surface area contributed by atoms with Crippen LogP contribution >= 0.6 is 11.3 Å². The summed E-state index contributed by atoms with van der Waals surface area (Å²) in [6.45, 7) is 10.7. The summed E-state index contributed by atoms with van der Waals surface area (Å²) in [6.07, 6.45) is 5.60. The minimum absolute atomic E-state index is 0.00368. The Bertz CT molecular complexity index is 1020. The molecule has 0 aliphatic carbocycles. The van der Waals surface area contributed by atoms with E-state index < -0.39 is 0 Å². The summed E-state index contributed by atoms with van der Waals surface area (Å²) >= 11 is 1.64. The Morgan fingerprint density at radius 2 is 1.93 bits per heavy atom. The van der Waals surface area contributed by atoms with E-state index in [1.165, 1.54) is 10.4 Å². The number of hydrogen-bond acceptors (Lipinski definition) is 7. The van der Waals surface area contributed by atoms with Gasteiger partial charge in [-0.05, 0) is 30.9 Å². The van der Waals surface area contributed by atoms with Gasteiger partial charge in [-0.1, -0.05) is 20.3 Å². The molecular weight excluding hydrogens is 384 g/mol. The molecule has 3 aromatic heterocycles. The Morgan fingerprint density at radius 3 is 2.62 bits per heavy atom. The van der Waals surface area contributed by atoms with Crippen molar-refractivity contribution in [2.45, 2.75) is 40.2 Å². The number of aryl methyl sites for hydroxylation is 1.